The first-order valence-corrected chi connectivity index (χ1v) is 10.9. The molecule has 1 amide bonds. The maximum atomic E-state index is 12.3. The van der Waals surface area contributed by atoms with Gasteiger partial charge in [-0.05, 0) is 37.0 Å². The smallest absolute Gasteiger partial charge is 0.220 e. The van der Waals surface area contributed by atoms with Crippen molar-refractivity contribution in [3.63, 3.8) is 0 Å². The molecule has 1 N–H and O–H groups in total. The summed E-state index contributed by atoms with van der Waals surface area (Å²) in [6, 6.07) is 21.2. The summed E-state index contributed by atoms with van der Waals surface area (Å²) in [5, 5.41) is 3.29. The molecule has 0 aliphatic heterocycles. The predicted octanol–water partition coefficient (Wildman–Crippen LogP) is 5.60. The molecule has 28 heavy (non-hydrogen) atoms. The fourth-order valence-corrected chi connectivity index (χ4v) is 3.55. The molecule has 1 atom stereocenters. The topological polar surface area (TPSA) is 32.3 Å². The van der Waals surface area contributed by atoms with E-state index in [0.29, 0.717) is 6.42 Å². The van der Waals surface area contributed by atoms with Gasteiger partial charge in [0.1, 0.15) is 0 Å². The third-order valence-electron chi connectivity index (χ3n) is 5.01. The first-order valence-electron chi connectivity index (χ1n) is 10.9. The third kappa shape index (κ3) is 8.16. The van der Waals surface area contributed by atoms with Crippen molar-refractivity contribution in [1.82, 2.24) is 5.32 Å². The van der Waals surface area contributed by atoms with E-state index < -0.39 is 0 Å². The lowest BCUT2D eigenvalue weighted by molar-refractivity contribution is -0.121. The average molecular weight is 381 g/mol. The van der Waals surface area contributed by atoms with E-state index in [2.05, 4.69) is 78.7 Å². The Morgan fingerprint density at radius 3 is 2.21 bits per heavy atom. The zero-order chi connectivity index (χ0) is 20.0. The number of hydrogen-bond donors (Lipinski definition) is 1. The number of amides is 1. The predicted molar refractivity (Wildman–Crippen MR) is 120 cm³/mol. The molecule has 0 saturated carbocycles. The summed E-state index contributed by atoms with van der Waals surface area (Å²) >= 11 is 0. The van der Waals surface area contributed by atoms with Crippen LogP contribution in [-0.4, -0.2) is 25.0 Å². The van der Waals surface area contributed by atoms with Crippen LogP contribution in [0.1, 0.15) is 57.9 Å². The van der Waals surface area contributed by atoms with Crippen LogP contribution in [0.5, 0.6) is 0 Å². The minimum atomic E-state index is 0.104. The summed E-state index contributed by atoms with van der Waals surface area (Å²) in [7, 11) is 0. The largest absolute Gasteiger partial charge is 0.369 e. The summed E-state index contributed by atoms with van der Waals surface area (Å²) < 4.78 is 0. The molecule has 3 heteroatoms. The van der Waals surface area contributed by atoms with Crippen molar-refractivity contribution in [2.45, 2.75) is 64.8 Å². The van der Waals surface area contributed by atoms with Gasteiger partial charge in [0.25, 0.3) is 0 Å². The van der Waals surface area contributed by atoms with E-state index in [1.54, 1.807) is 0 Å². The molecule has 152 valence electrons. The maximum Gasteiger partial charge on any atom is 0.220 e. The Kier molecular flexibility index (Phi) is 10.2. The number of nitrogens with one attached hydrogen (secondary N) is 1. The molecule has 0 saturated heterocycles. The van der Waals surface area contributed by atoms with Crippen LogP contribution < -0.4 is 10.2 Å². The Labute approximate surface area is 171 Å². The summed E-state index contributed by atoms with van der Waals surface area (Å²) in [5.41, 5.74) is 2.50. The van der Waals surface area contributed by atoms with Crippen LogP contribution in [0.2, 0.25) is 0 Å². The van der Waals surface area contributed by atoms with Crippen molar-refractivity contribution in [2.75, 3.05) is 18.0 Å². The van der Waals surface area contributed by atoms with Gasteiger partial charge < -0.3 is 10.2 Å². The van der Waals surface area contributed by atoms with Gasteiger partial charge in [-0.25, -0.2) is 0 Å². The number of nitrogens with zero attached hydrogens (tertiary/aromatic N) is 1. The van der Waals surface area contributed by atoms with Crippen LogP contribution in [0, 0.1) is 0 Å². The molecule has 2 rings (SSSR count). The standard InChI is InChI=1S/C25H36N2O/c1-3-5-6-13-19-27(24-17-11-8-12-18-24)21-23(26-25(28)14-4-2)20-22-15-9-7-10-16-22/h7-12,15-18,23H,3-6,13-14,19-21H2,1-2H3,(H,26,28). The molecule has 0 bridgehead atoms. The number of para-hydroxylation sites is 1. The summed E-state index contributed by atoms with van der Waals surface area (Å²) in [6.45, 7) is 6.16. The zero-order valence-electron chi connectivity index (χ0n) is 17.6. The van der Waals surface area contributed by atoms with Crippen molar-refractivity contribution in [3.05, 3.63) is 66.2 Å². The number of unbranched alkanes of at least 4 members (excludes halogenated alkanes) is 3. The summed E-state index contributed by atoms with van der Waals surface area (Å²) in [6.07, 6.45) is 7.29. The van der Waals surface area contributed by atoms with Gasteiger partial charge in [-0.2, -0.15) is 0 Å². The van der Waals surface area contributed by atoms with Gasteiger partial charge in [0, 0.05) is 25.2 Å². The van der Waals surface area contributed by atoms with Crippen molar-refractivity contribution in [3.8, 4) is 0 Å². The lowest BCUT2D eigenvalue weighted by atomic mass is 10.0. The molecule has 0 aromatic heterocycles. The highest BCUT2D eigenvalue weighted by Crippen LogP contribution is 2.17. The van der Waals surface area contributed by atoms with Gasteiger partial charge in [0.15, 0.2) is 0 Å². The second kappa shape index (κ2) is 13.0. The van der Waals surface area contributed by atoms with Crippen LogP contribution in [0.15, 0.2) is 60.7 Å². The van der Waals surface area contributed by atoms with Crippen molar-refractivity contribution in [2.24, 2.45) is 0 Å². The quantitative estimate of drug-likeness (QED) is 0.459. The Bertz CT molecular complexity index is 657. The highest BCUT2D eigenvalue weighted by Gasteiger charge is 2.17. The molecule has 0 aliphatic carbocycles. The number of anilines is 1. The summed E-state index contributed by atoms with van der Waals surface area (Å²) in [4.78, 5) is 14.8. The molecular formula is C25H36N2O. The van der Waals surface area contributed by atoms with Crippen LogP contribution >= 0.6 is 0 Å². The number of carbonyl (C=O) groups excluding carboxylic acids is 1. The molecule has 2 aromatic carbocycles. The minimum Gasteiger partial charge on any atom is -0.369 e. The number of hydrogen-bond acceptors (Lipinski definition) is 2. The Hall–Kier alpha value is -2.29. The molecular weight excluding hydrogens is 344 g/mol. The number of benzene rings is 2. The maximum absolute atomic E-state index is 12.3. The van der Waals surface area contributed by atoms with E-state index in [-0.39, 0.29) is 11.9 Å². The first kappa shape index (κ1) is 22.0. The SMILES string of the molecule is CCCCCCN(CC(Cc1ccccc1)NC(=O)CCC)c1ccccc1. The van der Waals surface area contributed by atoms with E-state index in [1.165, 1.54) is 36.9 Å². The molecule has 0 fully saturated rings. The van der Waals surface area contributed by atoms with E-state index in [1.807, 2.05) is 6.07 Å². The lowest BCUT2D eigenvalue weighted by Gasteiger charge is -2.30. The van der Waals surface area contributed by atoms with Crippen LogP contribution in [0.25, 0.3) is 0 Å². The average Bonchev–Trinajstić information content (AvgIpc) is 2.72. The van der Waals surface area contributed by atoms with Crippen LogP contribution in [-0.2, 0) is 11.2 Å². The Morgan fingerprint density at radius 1 is 0.893 bits per heavy atom. The van der Waals surface area contributed by atoms with E-state index in [9.17, 15) is 4.79 Å². The van der Waals surface area contributed by atoms with Crippen molar-refractivity contribution in [1.29, 1.82) is 0 Å². The monoisotopic (exact) mass is 380 g/mol. The molecule has 0 radical (unpaired) electrons. The van der Waals surface area contributed by atoms with E-state index in [4.69, 9.17) is 0 Å². The second-order valence-corrected chi connectivity index (χ2v) is 7.55. The number of rotatable bonds is 13. The molecule has 1 unspecified atom stereocenters. The van der Waals surface area contributed by atoms with Gasteiger partial charge in [-0.3, -0.25) is 4.79 Å². The molecule has 0 aliphatic rings. The second-order valence-electron chi connectivity index (χ2n) is 7.55. The fraction of sp³-hybridized carbons (Fsp3) is 0.480. The lowest BCUT2D eigenvalue weighted by Crippen LogP contribution is -2.45. The Balaban J connectivity index is 2.10. The van der Waals surface area contributed by atoms with Gasteiger partial charge in [0.2, 0.25) is 5.91 Å². The van der Waals surface area contributed by atoms with Gasteiger partial charge in [-0.1, -0.05) is 81.6 Å². The van der Waals surface area contributed by atoms with E-state index in [0.717, 1.165) is 25.9 Å². The van der Waals surface area contributed by atoms with Crippen LogP contribution in [0.3, 0.4) is 0 Å². The normalized spacial score (nSPS) is 11.8. The highest BCUT2D eigenvalue weighted by molar-refractivity contribution is 5.76. The molecule has 2 aromatic rings. The van der Waals surface area contributed by atoms with Crippen molar-refractivity contribution >= 4 is 11.6 Å². The fourth-order valence-electron chi connectivity index (χ4n) is 3.55. The van der Waals surface area contributed by atoms with Gasteiger partial charge in [0.05, 0.1) is 6.04 Å². The Morgan fingerprint density at radius 2 is 1.57 bits per heavy atom. The van der Waals surface area contributed by atoms with Gasteiger partial charge >= 0.3 is 0 Å². The van der Waals surface area contributed by atoms with Crippen molar-refractivity contribution < 1.29 is 4.79 Å². The third-order valence-corrected chi connectivity index (χ3v) is 5.01. The molecule has 0 spiro atoms. The van der Waals surface area contributed by atoms with Gasteiger partial charge in [-0.15, -0.1) is 0 Å². The zero-order valence-corrected chi connectivity index (χ0v) is 17.6. The minimum absolute atomic E-state index is 0.104. The summed E-state index contributed by atoms with van der Waals surface area (Å²) in [5.74, 6) is 0.155. The highest BCUT2D eigenvalue weighted by atomic mass is 16.1. The number of carbonyl (C=O) groups is 1. The molecule has 3 nitrogen and oxygen atoms in total. The van der Waals surface area contributed by atoms with E-state index >= 15 is 0 Å². The first-order chi connectivity index (χ1) is 13.7. The molecule has 0 heterocycles. The van der Waals surface area contributed by atoms with Crippen LogP contribution in [0.4, 0.5) is 5.69 Å².